The van der Waals surface area contributed by atoms with E-state index in [9.17, 15) is 5.26 Å². The predicted molar refractivity (Wildman–Crippen MR) is 96.6 cm³/mol. The molecule has 0 amide bonds. The zero-order chi connectivity index (χ0) is 17.2. The van der Waals surface area contributed by atoms with E-state index in [2.05, 4.69) is 60.7 Å². The Morgan fingerprint density at radius 1 is 1.04 bits per heavy atom. The molecular weight excluding hydrogens is 294 g/mol. The molecule has 0 aliphatic heterocycles. The summed E-state index contributed by atoms with van der Waals surface area (Å²) in [6, 6.07) is 18.5. The van der Waals surface area contributed by atoms with Gasteiger partial charge < -0.3 is 4.57 Å². The first-order valence-corrected chi connectivity index (χ1v) is 8.09. The van der Waals surface area contributed by atoms with E-state index in [1.54, 1.807) is 0 Å². The van der Waals surface area contributed by atoms with Crippen LogP contribution in [0.25, 0.3) is 11.4 Å². The second-order valence-electron chi connectivity index (χ2n) is 6.98. The first kappa shape index (κ1) is 16.0. The Labute approximate surface area is 143 Å². The Balaban J connectivity index is 1.92. The van der Waals surface area contributed by atoms with Gasteiger partial charge in [0.1, 0.15) is 5.82 Å². The second kappa shape index (κ2) is 6.33. The largest absolute Gasteiger partial charge is 0.327 e. The van der Waals surface area contributed by atoms with Crippen molar-refractivity contribution in [3.05, 3.63) is 77.6 Å². The van der Waals surface area contributed by atoms with Crippen LogP contribution in [0, 0.1) is 11.3 Å². The van der Waals surface area contributed by atoms with Crippen LogP contribution in [0.4, 0.5) is 0 Å². The van der Waals surface area contributed by atoms with Gasteiger partial charge in [0, 0.05) is 18.0 Å². The third kappa shape index (κ3) is 3.23. The van der Waals surface area contributed by atoms with Gasteiger partial charge in [-0.15, -0.1) is 0 Å². The highest BCUT2D eigenvalue weighted by Crippen LogP contribution is 2.26. The molecule has 0 saturated heterocycles. The molecule has 3 rings (SSSR count). The van der Waals surface area contributed by atoms with Gasteiger partial charge >= 0.3 is 0 Å². The summed E-state index contributed by atoms with van der Waals surface area (Å²) in [5.41, 5.74) is 4.24. The van der Waals surface area contributed by atoms with Crippen LogP contribution in [0.5, 0.6) is 0 Å². The van der Waals surface area contributed by atoms with Crippen LogP contribution in [-0.2, 0) is 12.0 Å². The summed E-state index contributed by atoms with van der Waals surface area (Å²) in [5, 5.41) is 9.27. The molecule has 3 heteroatoms. The van der Waals surface area contributed by atoms with Crippen LogP contribution < -0.4 is 0 Å². The molecule has 0 aliphatic rings. The molecule has 3 nitrogen and oxygen atoms in total. The van der Waals surface area contributed by atoms with Crippen molar-refractivity contribution in [3.63, 3.8) is 0 Å². The number of nitrogens with zero attached hydrogens (tertiary/aromatic N) is 3. The molecule has 2 aromatic carbocycles. The van der Waals surface area contributed by atoms with Crippen LogP contribution in [0.3, 0.4) is 0 Å². The van der Waals surface area contributed by atoms with Crippen molar-refractivity contribution in [2.75, 3.05) is 0 Å². The van der Waals surface area contributed by atoms with E-state index in [4.69, 9.17) is 0 Å². The highest BCUT2D eigenvalue weighted by molar-refractivity contribution is 5.57. The van der Waals surface area contributed by atoms with Gasteiger partial charge in [-0.25, -0.2) is 4.98 Å². The van der Waals surface area contributed by atoms with Crippen LogP contribution in [0.1, 0.15) is 37.5 Å². The molecule has 0 bridgehead atoms. The zero-order valence-corrected chi connectivity index (χ0v) is 14.3. The Hall–Kier alpha value is -2.86. The van der Waals surface area contributed by atoms with Crippen LogP contribution in [0.15, 0.2) is 60.9 Å². The van der Waals surface area contributed by atoms with Crippen molar-refractivity contribution in [1.29, 1.82) is 5.26 Å². The maximum atomic E-state index is 9.27. The lowest BCUT2D eigenvalue weighted by molar-refractivity contribution is 0.590. The molecule has 120 valence electrons. The minimum Gasteiger partial charge on any atom is -0.327 e. The van der Waals surface area contributed by atoms with Gasteiger partial charge in [0.15, 0.2) is 0 Å². The Morgan fingerprint density at radius 2 is 1.75 bits per heavy atom. The average Bonchev–Trinajstić information content (AvgIpc) is 3.03. The van der Waals surface area contributed by atoms with E-state index >= 15 is 0 Å². The molecule has 24 heavy (non-hydrogen) atoms. The Morgan fingerprint density at radius 3 is 2.42 bits per heavy atom. The van der Waals surface area contributed by atoms with Crippen molar-refractivity contribution in [2.45, 2.75) is 32.7 Å². The highest BCUT2D eigenvalue weighted by Gasteiger charge is 2.14. The topological polar surface area (TPSA) is 41.6 Å². The van der Waals surface area contributed by atoms with E-state index in [1.165, 1.54) is 5.56 Å². The SMILES string of the molecule is CC(C)(C)c1ccc(-c2nccn2Cc2ccccc2C#N)cc1. The van der Waals surface area contributed by atoms with E-state index < -0.39 is 0 Å². The third-order valence-electron chi connectivity index (χ3n) is 4.20. The van der Waals surface area contributed by atoms with E-state index in [1.807, 2.05) is 36.7 Å². The summed E-state index contributed by atoms with van der Waals surface area (Å²) < 4.78 is 2.09. The van der Waals surface area contributed by atoms with Gasteiger partial charge in [0.05, 0.1) is 18.2 Å². The lowest BCUT2D eigenvalue weighted by Gasteiger charge is -2.19. The van der Waals surface area contributed by atoms with Crippen molar-refractivity contribution >= 4 is 0 Å². The van der Waals surface area contributed by atoms with Crippen molar-refractivity contribution < 1.29 is 0 Å². The van der Waals surface area contributed by atoms with Gasteiger partial charge in [-0.2, -0.15) is 5.26 Å². The summed E-state index contributed by atoms with van der Waals surface area (Å²) >= 11 is 0. The molecular formula is C21H21N3. The molecule has 0 fully saturated rings. The smallest absolute Gasteiger partial charge is 0.140 e. The fourth-order valence-electron chi connectivity index (χ4n) is 2.77. The third-order valence-corrected chi connectivity index (χ3v) is 4.20. The Bertz CT molecular complexity index is 874. The fourth-order valence-corrected chi connectivity index (χ4v) is 2.77. The molecule has 1 aromatic heterocycles. The molecule has 0 spiro atoms. The summed E-state index contributed by atoms with van der Waals surface area (Å²) in [7, 11) is 0. The first-order chi connectivity index (χ1) is 11.5. The average molecular weight is 315 g/mol. The number of rotatable bonds is 3. The van der Waals surface area contributed by atoms with E-state index in [-0.39, 0.29) is 5.41 Å². The van der Waals surface area contributed by atoms with Gasteiger partial charge in [-0.3, -0.25) is 0 Å². The second-order valence-corrected chi connectivity index (χ2v) is 6.98. The molecule has 3 aromatic rings. The molecule has 0 aliphatic carbocycles. The van der Waals surface area contributed by atoms with Crippen molar-refractivity contribution in [2.24, 2.45) is 0 Å². The molecule has 0 N–H and O–H groups in total. The van der Waals surface area contributed by atoms with Gasteiger partial charge in [0.2, 0.25) is 0 Å². The lowest BCUT2D eigenvalue weighted by atomic mass is 9.87. The summed E-state index contributed by atoms with van der Waals surface area (Å²) in [6.45, 7) is 7.27. The van der Waals surface area contributed by atoms with Crippen LogP contribution in [0.2, 0.25) is 0 Å². The number of hydrogen-bond acceptors (Lipinski definition) is 2. The normalized spacial score (nSPS) is 11.2. The maximum Gasteiger partial charge on any atom is 0.140 e. The van der Waals surface area contributed by atoms with Gasteiger partial charge in [-0.05, 0) is 22.6 Å². The molecule has 0 unspecified atom stereocenters. The number of imidazole rings is 1. The minimum atomic E-state index is 0.139. The van der Waals surface area contributed by atoms with E-state index in [0.717, 1.165) is 17.0 Å². The summed E-state index contributed by atoms with van der Waals surface area (Å²) in [6.07, 6.45) is 3.77. The molecule has 1 heterocycles. The van der Waals surface area contributed by atoms with Crippen molar-refractivity contribution in [1.82, 2.24) is 9.55 Å². The van der Waals surface area contributed by atoms with Gasteiger partial charge in [-0.1, -0.05) is 63.2 Å². The summed E-state index contributed by atoms with van der Waals surface area (Å²) in [4.78, 5) is 4.51. The number of aromatic nitrogens is 2. The predicted octanol–water partition coefficient (Wildman–Crippen LogP) is 4.77. The van der Waals surface area contributed by atoms with E-state index in [0.29, 0.717) is 12.1 Å². The molecule has 0 atom stereocenters. The standard InChI is InChI=1S/C21H21N3/c1-21(2,3)19-10-8-16(9-11-19)20-23-12-13-24(20)15-18-7-5-4-6-17(18)14-22/h4-13H,15H2,1-3H3. The minimum absolute atomic E-state index is 0.139. The number of nitriles is 1. The maximum absolute atomic E-state index is 9.27. The van der Waals surface area contributed by atoms with Crippen LogP contribution >= 0.6 is 0 Å². The lowest BCUT2D eigenvalue weighted by Crippen LogP contribution is -2.10. The number of hydrogen-bond donors (Lipinski definition) is 0. The van der Waals surface area contributed by atoms with Crippen molar-refractivity contribution in [3.8, 4) is 17.5 Å². The number of benzene rings is 2. The zero-order valence-electron chi connectivity index (χ0n) is 14.3. The molecule has 0 saturated carbocycles. The molecule has 0 radical (unpaired) electrons. The van der Waals surface area contributed by atoms with Crippen LogP contribution in [-0.4, -0.2) is 9.55 Å². The van der Waals surface area contributed by atoms with Gasteiger partial charge in [0.25, 0.3) is 0 Å². The summed E-state index contributed by atoms with van der Waals surface area (Å²) in [5.74, 6) is 0.920. The highest BCUT2D eigenvalue weighted by atomic mass is 15.1. The quantitative estimate of drug-likeness (QED) is 0.698. The fraction of sp³-hybridized carbons (Fsp3) is 0.238. The Kier molecular flexibility index (Phi) is 4.22. The monoisotopic (exact) mass is 315 g/mol. The first-order valence-electron chi connectivity index (χ1n) is 8.09.